The van der Waals surface area contributed by atoms with Gasteiger partial charge in [-0.05, 0) is 29.8 Å². The number of carbonyl (C=O) groups is 2. The second kappa shape index (κ2) is 6.68. The van der Waals surface area contributed by atoms with Crippen LogP contribution >= 0.6 is 0 Å². The molecule has 0 bridgehead atoms. The first-order valence-electron chi connectivity index (χ1n) is 7.87. The van der Waals surface area contributed by atoms with Crippen LogP contribution in [0, 0.1) is 5.92 Å². The topological polar surface area (TPSA) is 83.6 Å². The van der Waals surface area contributed by atoms with E-state index >= 15 is 0 Å². The van der Waals surface area contributed by atoms with Crippen LogP contribution in [0.25, 0.3) is 0 Å². The Bertz CT molecular complexity index is 892. The van der Waals surface area contributed by atoms with Crippen molar-refractivity contribution in [1.82, 2.24) is 5.32 Å². The molecule has 2 aromatic rings. The normalized spacial score (nSPS) is 19.0. The number of carbonyl (C=O) groups excluding carboxylic acids is 2. The van der Waals surface area contributed by atoms with E-state index in [2.05, 4.69) is 5.32 Å². The third kappa shape index (κ3) is 3.56. The van der Waals surface area contributed by atoms with E-state index in [-0.39, 0.29) is 17.3 Å². The highest BCUT2D eigenvalue weighted by molar-refractivity contribution is 7.94. The number of nitrogens with zero attached hydrogens (tertiary/aromatic N) is 1. The molecular formula is C18H18N2O4S. The summed E-state index contributed by atoms with van der Waals surface area (Å²) in [6, 6.07) is 15.5. The van der Waals surface area contributed by atoms with Gasteiger partial charge in [-0.1, -0.05) is 37.3 Å². The summed E-state index contributed by atoms with van der Waals surface area (Å²) < 4.78 is 25.0. The minimum absolute atomic E-state index is 0.189. The molecule has 6 nitrogen and oxygen atoms in total. The summed E-state index contributed by atoms with van der Waals surface area (Å²) in [5, 5.41) is 2.80. The summed E-state index contributed by atoms with van der Waals surface area (Å²) >= 11 is 0. The molecule has 0 aromatic heterocycles. The second-order valence-electron chi connectivity index (χ2n) is 6.00. The molecule has 1 aliphatic rings. The lowest BCUT2D eigenvalue weighted by molar-refractivity contribution is -0.119. The van der Waals surface area contributed by atoms with Gasteiger partial charge in [0.25, 0.3) is 5.91 Å². The first kappa shape index (κ1) is 17.2. The Kier molecular flexibility index (Phi) is 4.59. The molecule has 7 heteroatoms. The van der Waals surface area contributed by atoms with Gasteiger partial charge in [0.05, 0.1) is 17.4 Å². The molecule has 2 aromatic carbocycles. The predicted molar refractivity (Wildman–Crippen MR) is 94.5 cm³/mol. The monoisotopic (exact) mass is 358 g/mol. The highest BCUT2D eigenvalue weighted by Gasteiger charge is 2.41. The quantitative estimate of drug-likeness (QED) is 0.905. The van der Waals surface area contributed by atoms with Gasteiger partial charge in [0.15, 0.2) is 0 Å². The first-order chi connectivity index (χ1) is 11.9. The van der Waals surface area contributed by atoms with Gasteiger partial charge in [-0.2, -0.15) is 0 Å². The largest absolute Gasteiger partial charge is 0.348 e. The molecule has 1 N–H and O–H groups in total. The molecule has 0 unspecified atom stereocenters. The van der Waals surface area contributed by atoms with E-state index in [0.717, 1.165) is 9.87 Å². The number of hydrogen-bond donors (Lipinski definition) is 1. The Balaban J connectivity index is 1.72. The van der Waals surface area contributed by atoms with Crippen LogP contribution < -0.4 is 9.62 Å². The fourth-order valence-corrected chi connectivity index (χ4v) is 4.54. The number of anilines is 1. The summed E-state index contributed by atoms with van der Waals surface area (Å²) in [5.41, 5.74) is 1.64. The van der Waals surface area contributed by atoms with Crippen molar-refractivity contribution in [3.05, 3.63) is 65.7 Å². The van der Waals surface area contributed by atoms with Crippen LogP contribution in [0.3, 0.4) is 0 Å². The van der Waals surface area contributed by atoms with Crippen LogP contribution in [0.2, 0.25) is 0 Å². The average Bonchev–Trinajstić information content (AvgIpc) is 2.81. The van der Waals surface area contributed by atoms with Gasteiger partial charge in [0.2, 0.25) is 15.9 Å². The molecule has 1 heterocycles. The fraction of sp³-hybridized carbons (Fsp3) is 0.222. The lowest BCUT2D eigenvalue weighted by atomic mass is 10.1. The maximum absolute atomic E-state index is 12.2. The third-order valence-electron chi connectivity index (χ3n) is 4.02. The van der Waals surface area contributed by atoms with Crippen LogP contribution in [-0.2, 0) is 21.4 Å². The minimum atomic E-state index is -3.63. The van der Waals surface area contributed by atoms with Gasteiger partial charge in [0.1, 0.15) is 0 Å². The molecule has 2 amide bonds. The number of nitrogens with one attached hydrogen (secondary N) is 1. The van der Waals surface area contributed by atoms with Gasteiger partial charge in [-0.3, -0.25) is 9.59 Å². The highest BCUT2D eigenvalue weighted by atomic mass is 32.2. The SMILES string of the molecule is C[C@@H]1CS(=O)(=O)N(c2ccc(C(=O)NCc3ccccc3)cc2)C1=O. The van der Waals surface area contributed by atoms with Gasteiger partial charge < -0.3 is 5.32 Å². The van der Waals surface area contributed by atoms with Crippen molar-refractivity contribution >= 4 is 27.5 Å². The standard InChI is InChI=1S/C18H18N2O4S/c1-13-12-25(23,24)20(18(13)22)16-9-7-15(8-10-16)17(21)19-11-14-5-3-2-4-6-14/h2-10,13H,11-12H2,1H3,(H,19,21)/t13-/m1/s1. The van der Waals surface area contributed by atoms with Gasteiger partial charge in [-0.25, -0.2) is 12.7 Å². The van der Waals surface area contributed by atoms with Crippen molar-refractivity contribution < 1.29 is 18.0 Å². The zero-order valence-electron chi connectivity index (χ0n) is 13.7. The molecule has 1 saturated heterocycles. The van der Waals surface area contributed by atoms with Crippen LogP contribution in [0.1, 0.15) is 22.8 Å². The fourth-order valence-electron chi connectivity index (χ4n) is 2.72. The Morgan fingerprint density at radius 2 is 1.76 bits per heavy atom. The zero-order chi connectivity index (χ0) is 18.0. The molecule has 0 aliphatic carbocycles. The summed E-state index contributed by atoms with van der Waals surface area (Å²) in [4.78, 5) is 24.3. The smallest absolute Gasteiger partial charge is 0.251 e. The molecule has 0 radical (unpaired) electrons. The molecule has 1 atom stereocenters. The van der Waals surface area contributed by atoms with E-state index in [1.807, 2.05) is 30.3 Å². The number of sulfonamides is 1. The lowest BCUT2D eigenvalue weighted by Gasteiger charge is -2.15. The number of amides is 2. The molecule has 1 fully saturated rings. The van der Waals surface area contributed by atoms with Crippen LogP contribution in [0.4, 0.5) is 5.69 Å². The van der Waals surface area contributed by atoms with Crippen molar-refractivity contribution in [3.8, 4) is 0 Å². The molecule has 130 valence electrons. The Hall–Kier alpha value is -2.67. The van der Waals surface area contributed by atoms with E-state index in [9.17, 15) is 18.0 Å². The van der Waals surface area contributed by atoms with Gasteiger partial charge in [0, 0.05) is 12.1 Å². The second-order valence-corrected chi connectivity index (χ2v) is 7.86. The molecule has 0 spiro atoms. The molecule has 25 heavy (non-hydrogen) atoms. The van der Waals surface area contributed by atoms with Crippen molar-refractivity contribution in [2.75, 3.05) is 10.1 Å². The Morgan fingerprint density at radius 3 is 2.32 bits per heavy atom. The van der Waals surface area contributed by atoms with E-state index in [4.69, 9.17) is 0 Å². The van der Waals surface area contributed by atoms with E-state index in [0.29, 0.717) is 12.1 Å². The summed E-state index contributed by atoms with van der Waals surface area (Å²) in [7, 11) is -3.63. The van der Waals surface area contributed by atoms with Crippen molar-refractivity contribution in [2.45, 2.75) is 13.5 Å². The lowest BCUT2D eigenvalue weighted by Crippen LogP contribution is -2.30. The van der Waals surface area contributed by atoms with Crippen molar-refractivity contribution in [1.29, 1.82) is 0 Å². The predicted octanol–water partition coefficient (Wildman–Crippen LogP) is 1.93. The van der Waals surface area contributed by atoms with Gasteiger partial charge in [-0.15, -0.1) is 0 Å². The van der Waals surface area contributed by atoms with Crippen LogP contribution in [-0.4, -0.2) is 26.0 Å². The number of benzene rings is 2. The average molecular weight is 358 g/mol. The van der Waals surface area contributed by atoms with Crippen molar-refractivity contribution in [2.24, 2.45) is 5.92 Å². The van der Waals surface area contributed by atoms with Crippen LogP contribution in [0.15, 0.2) is 54.6 Å². The summed E-state index contributed by atoms with van der Waals surface area (Å²) in [5.74, 6) is -1.45. The summed E-state index contributed by atoms with van der Waals surface area (Å²) in [6.07, 6.45) is 0. The third-order valence-corrected chi connectivity index (χ3v) is 5.89. The number of hydrogen-bond acceptors (Lipinski definition) is 4. The van der Waals surface area contributed by atoms with Gasteiger partial charge >= 0.3 is 0 Å². The highest BCUT2D eigenvalue weighted by Crippen LogP contribution is 2.28. The molecular weight excluding hydrogens is 340 g/mol. The van der Waals surface area contributed by atoms with Crippen LogP contribution in [0.5, 0.6) is 0 Å². The zero-order valence-corrected chi connectivity index (χ0v) is 14.5. The first-order valence-corrected chi connectivity index (χ1v) is 9.48. The Labute approximate surface area is 146 Å². The minimum Gasteiger partial charge on any atom is -0.348 e. The van der Waals surface area contributed by atoms with E-state index in [1.165, 1.54) is 24.3 Å². The summed E-state index contributed by atoms with van der Waals surface area (Å²) in [6.45, 7) is 1.99. The van der Waals surface area contributed by atoms with E-state index < -0.39 is 21.8 Å². The molecule has 0 saturated carbocycles. The Morgan fingerprint density at radius 1 is 1.12 bits per heavy atom. The van der Waals surface area contributed by atoms with Crippen molar-refractivity contribution in [3.63, 3.8) is 0 Å². The maximum Gasteiger partial charge on any atom is 0.251 e. The van der Waals surface area contributed by atoms with E-state index in [1.54, 1.807) is 6.92 Å². The number of rotatable bonds is 4. The molecule has 1 aliphatic heterocycles. The molecule has 3 rings (SSSR count). The maximum atomic E-state index is 12.2.